The molecule has 1 saturated heterocycles. The summed E-state index contributed by atoms with van der Waals surface area (Å²) in [6, 6.07) is 7.60. The molecule has 4 rings (SSSR count). The smallest absolute Gasteiger partial charge is 0.374 e. The van der Waals surface area contributed by atoms with Crippen molar-refractivity contribution in [2.24, 2.45) is 5.16 Å². The fourth-order valence-electron chi connectivity index (χ4n) is 3.85. The maximum absolute atomic E-state index is 14.1. The van der Waals surface area contributed by atoms with Crippen LogP contribution in [0, 0.1) is 6.92 Å². The summed E-state index contributed by atoms with van der Waals surface area (Å²) < 4.78 is 64.9. The van der Waals surface area contributed by atoms with Crippen LogP contribution in [0.5, 0.6) is 0 Å². The molecular formula is C21H17Cl2F3N2O4S. The number of hydrogen-bond donors (Lipinski definition) is 1. The second-order valence-corrected chi connectivity index (χ2v) is 11.1. The van der Waals surface area contributed by atoms with E-state index in [4.69, 9.17) is 28.0 Å². The Hall–Kier alpha value is -2.30. The summed E-state index contributed by atoms with van der Waals surface area (Å²) in [6.45, 7) is 1.63. The number of amides is 1. The largest absolute Gasteiger partial charge is 0.435 e. The second kappa shape index (κ2) is 8.18. The number of nitrogens with one attached hydrogen (secondary N) is 1. The van der Waals surface area contributed by atoms with E-state index >= 15 is 0 Å². The molecule has 1 N–H and O–H groups in total. The number of aryl methyl sites for hydroxylation is 1. The van der Waals surface area contributed by atoms with Gasteiger partial charge in [0.1, 0.15) is 0 Å². The lowest BCUT2D eigenvalue weighted by molar-refractivity contribution is -0.275. The predicted octanol–water partition coefficient (Wildman–Crippen LogP) is 4.41. The van der Waals surface area contributed by atoms with E-state index < -0.39 is 40.0 Å². The quantitative estimate of drug-likeness (QED) is 0.646. The minimum Gasteiger partial charge on any atom is -0.374 e. The van der Waals surface area contributed by atoms with Crippen LogP contribution in [0.15, 0.2) is 41.6 Å². The Morgan fingerprint density at radius 2 is 1.79 bits per heavy atom. The van der Waals surface area contributed by atoms with Gasteiger partial charge < -0.3 is 10.2 Å². The molecule has 0 aliphatic carbocycles. The van der Waals surface area contributed by atoms with Crippen molar-refractivity contribution in [3.63, 3.8) is 0 Å². The second-order valence-electron chi connectivity index (χ2n) is 8.07. The summed E-state index contributed by atoms with van der Waals surface area (Å²) >= 11 is 11.8. The van der Waals surface area contributed by atoms with E-state index in [0.29, 0.717) is 11.1 Å². The lowest BCUT2D eigenvalue weighted by Gasteiger charge is -2.29. The van der Waals surface area contributed by atoms with E-state index in [1.165, 1.54) is 24.3 Å². The molecular weight excluding hydrogens is 504 g/mol. The maximum Gasteiger partial charge on any atom is 0.435 e. The van der Waals surface area contributed by atoms with E-state index in [1.54, 1.807) is 6.92 Å². The Kier molecular flexibility index (Phi) is 5.91. The molecule has 0 bridgehead atoms. The van der Waals surface area contributed by atoms with Crippen LogP contribution < -0.4 is 5.32 Å². The van der Waals surface area contributed by atoms with Crippen LogP contribution in [0.2, 0.25) is 10.0 Å². The number of halogens is 5. The highest BCUT2D eigenvalue weighted by Crippen LogP contribution is 2.49. The first-order chi connectivity index (χ1) is 15.3. The number of carbonyl (C=O) groups is 1. The molecule has 2 aromatic rings. The Balaban J connectivity index is 1.57. The fourth-order valence-corrected chi connectivity index (χ4v) is 5.68. The van der Waals surface area contributed by atoms with Crippen molar-refractivity contribution in [1.29, 1.82) is 0 Å². The molecule has 0 saturated carbocycles. The van der Waals surface area contributed by atoms with Crippen LogP contribution in [0.1, 0.15) is 33.5 Å². The third-order valence-corrected chi connectivity index (χ3v) is 7.82. The van der Waals surface area contributed by atoms with E-state index in [9.17, 15) is 26.4 Å². The predicted molar refractivity (Wildman–Crippen MR) is 118 cm³/mol. The fraction of sp³-hybridized carbons (Fsp3) is 0.333. The first-order valence-corrected chi connectivity index (χ1v) is 12.3. The highest BCUT2D eigenvalue weighted by molar-refractivity contribution is 7.92. The Morgan fingerprint density at radius 1 is 1.15 bits per heavy atom. The standard InChI is InChI=1S/C21H17Cl2F3N2O4S/c1-11-4-12(2-3-17(11)19(29)27-16-9-33(30,31)10-16)18-8-20(32-28-18,21(24,25)26)13-5-14(22)7-15(23)6-13/h2-7,16H,8-10H2,1H3,(H,27,29). The van der Waals surface area contributed by atoms with E-state index in [2.05, 4.69) is 10.5 Å². The molecule has 0 spiro atoms. The summed E-state index contributed by atoms with van der Waals surface area (Å²) in [5.41, 5.74) is -1.85. The Bertz CT molecular complexity index is 1250. The topological polar surface area (TPSA) is 84.8 Å². The molecule has 1 unspecified atom stereocenters. The van der Waals surface area contributed by atoms with Crippen molar-refractivity contribution in [3.05, 3.63) is 68.7 Å². The van der Waals surface area contributed by atoms with Crippen molar-refractivity contribution in [2.45, 2.75) is 31.2 Å². The van der Waals surface area contributed by atoms with Crippen LogP contribution in [-0.4, -0.2) is 43.8 Å². The van der Waals surface area contributed by atoms with Gasteiger partial charge in [-0.1, -0.05) is 34.4 Å². The number of nitrogens with zero attached hydrogens (tertiary/aromatic N) is 1. The third-order valence-electron chi connectivity index (χ3n) is 5.56. The maximum atomic E-state index is 14.1. The minimum absolute atomic E-state index is 0.0312. The normalized spacial score (nSPS) is 22.3. The molecule has 33 heavy (non-hydrogen) atoms. The molecule has 1 fully saturated rings. The van der Waals surface area contributed by atoms with Gasteiger partial charge in [0, 0.05) is 27.6 Å². The summed E-state index contributed by atoms with van der Waals surface area (Å²) in [5.74, 6) is -0.685. The van der Waals surface area contributed by atoms with Gasteiger partial charge in [-0.2, -0.15) is 13.2 Å². The number of benzene rings is 2. The molecule has 176 valence electrons. The zero-order chi connectivity index (χ0) is 24.2. The van der Waals surface area contributed by atoms with Gasteiger partial charge in [0.15, 0.2) is 9.84 Å². The van der Waals surface area contributed by atoms with Crippen molar-refractivity contribution in [1.82, 2.24) is 5.32 Å². The van der Waals surface area contributed by atoms with Gasteiger partial charge in [-0.05, 0) is 48.4 Å². The van der Waals surface area contributed by atoms with Crippen molar-refractivity contribution >= 4 is 44.7 Å². The van der Waals surface area contributed by atoms with Gasteiger partial charge in [-0.15, -0.1) is 0 Å². The lowest BCUT2D eigenvalue weighted by atomic mass is 9.86. The van der Waals surface area contributed by atoms with Gasteiger partial charge in [-0.25, -0.2) is 8.42 Å². The molecule has 1 amide bonds. The van der Waals surface area contributed by atoms with Gasteiger partial charge in [0.25, 0.3) is 11.5 Å². The van der Waals surface area contributed by atoms with E-state index in [0.717, 1.165) is 12.1 Å². The average molecular weight is 521 g/mol. The molecule has 2 aromatic carbocycles. The number of alkyl halides is 3. The highest BCUT2D eigenvalue weighted by atomic mass is 35.5. The van der Waals surface area contributed by atoms with Gasteiger partial charge >= 0.3 is 6.18 Å². The van der Waals surface area contributed by atoms with Crippen LogP contribution in [0.4, 0.5) is 13.2 Å². The van der Waals surface area contributed by atoms with Crippen LogP contribution in [0.25, 0.3) is 0 Å². The van der Waals surface area contributed by atoms with Crippen LogP contribution >= 0.6 is 23.2 Å². The monoisotopic (exact) mass is 520 g/mol. The minimum atomic E-state index is -4.82. The zero-order valence-electron chi connectivity index (χ0n) is 17.0. The SMILES string of the molecule is Cc1cc(C2=NOC(c3cc(Cl)cc(Cl)c3)(C(F)(F)F)C2)ccc1C(=O)NC1CS(=O)(=O)C1. The molecule has 2 aliphatic rings. The van der Waals surface area contributed by atoms with E-state index in [-0.39, 0.29) is 38.4 Å². The summed E-state index contributed by atoms with van der Waals surface area (Å²) in [7, 11) is -3.09. The van der Waals surface area contributed by atoms with E-state index in [1.807, 2.05) is 0 Å². The zero-order valence-corrected chi connectivity index (χ0v) is 19.4. The lowest BCUT2D eigenvalue weighted by Crippen LogP contribution is -2.53. The number of oxime groups is 1. The van der Waals surface area contributed by atoms with Crippen molar-refractivity contribution < 1.29 is 31.2 Å². The van der Waals surface area contributed by atoms with Gasteiger partial charge in [0.05, 0.1) is 23.3 Å². The Labute approximate surface area is 197 Å². The third kappa shape index (κ3) is 4.56. The number of rotatable bonds is 4. The average Bonchev–Trinajstić information content (AvgIpc) is 3.12. The van der Waals surface area contributed by atoms with Crippen molar-refractivity contribution in [3.8, 4) is 0 Å². The molecule has 2 heterocycles. The first-order valence-electron chi connectivity index (χ1n) is 9.70. The molecule has 12 heteroatoms. The first kappa shape index (κ1) is 23.8. The summed E-state index contributed by atoms with van der Waals surface area (Å²) in [5, 5.41) is 6.41. The molecule has 2 aliphatic heterocycles. The number of hydrogen-bond acceptors (Lipinski definition) is 5. The molecule has 0 radical (unpaired) electrons. The Morgan fingerprint density at radius 3 is 2.33 bits per heavy atom. The molecule has 6 nitrogen and oxygen atoms in total. The molecule has 1 atom stereocenters. The van der Waals surface area contributed by atoms with Gasteiger partial charge in [-0.3, -0.25) is 4.79 Å². The number of carbonyl (C=O) groups excluding carboxylic acids is 1. The van der Waals surface area contributed by atoms with Crippen LogP contribution in [0.3, 0.4) is 0 Å². The summed E-state index contributed by atoms with van der Waals surface area (Å²) in [6.07, 6.45) is -5.43. The number of sulfone groups is 1. The van der Waals surface area contributed by atoms with Gasteiger partial charge in [0.2, 0.25) is 0 Å². The highest BCUT2D eigenvalue weighted by Gasteiger charge is 2.62. The van der Waals surface area contributed by atoms with Crippen LogP contribution in [-0.2, 0) is 20.3 Å². The van der Waals surface area contributed by atoms with Crippen molar-refractivity contribution in [2.75, 3.05) is 11.5 Å². The summed E-state index contributed by atoms with van der Waals surface area (Å²) in [4.78, 5) is 17.5. The molecule has 0 aromatic heterocycles.